The monoisotopic (exact) mass is 303 g/mol. The lowest BCUT2D eigenvalue weighted by Crippen LogP contribution is -2.48. The lowest BCUT2D eigenvalue weighted by molar-refractivity contribution is -0.138. The zero-order valence-corrected chi connectivity index (χ0v) is 12.1. The number of fused-ring (bicyclic) bond motifs is 1. The third kappa shape index (κ3) is 3.85. The normalized spacial score (nSPS) is 11.9. The smallest absolute Gasteiger partial charge is 0.322 e. The van der Waals surface area contributed by atoms with E-state index in [1.807, 2.05) is 24.3 Å². The molecule has 1 heterocycles. The van der Waals surface area contributed by atoms with Gasteiger partial charge in [0.1, 0.15) is 12.6 Å². The van der Waals surface area contributed by atoms with E-state index >= 15 is 0 Å². The van der Waals surface area contributed by atoms with Crippen LogP contribution < -0.4 is 10.6 Å². The lowest BCUT2D eigenvalue weighted by Gasteiger charge is -2.16. The van der Waals surface area contributed by atoms with Crippen LogP contribution in [0.25, 0.3) is 10.9 Å². The molecule has 0 bridgehead atoms. The Morgan fingerprint density at radius 1 is 1.27 bits per heavy atom. The minimum atomic E-state index is -1.14. The van der Waals surface area contributed by atoms with Crippen LogP contribution in [-0.4, -0.2) is 40.5 Å². The lowest BCUT2D eigenvalue weighted by atomic mass is 10.0. The first-order valence-corrected chi connectivity index (χ1v) is 6.79. The van der Waals surface area contributed by atoms with Crippen molar-refractivity contribution in [2.45, 2.75) is 19.4 Å². The molecule has 0 spiro atoms. The van der Waals surface area contributed by atoms with Crippen molar-refractivity contribution >= 4 is 28.7 Å². The maximum Gasteiger partial charge on any atom is 0.322 e. The fourth-order valence-electron chi connectivity index (χ4n) is 2.26. The van der Waals surface area contributed by atoms with E-state index in [2.05, 4.69) is 15.6 Å². The van der Waals surface area contributed by atoms with Crippen LogP contribution in [0.2, 0.25) is 0 Å². The zero-order chi connectivity index (χ0) is 16.1. The molecule has 22 heavy (non-hydrogen) atoms. The van der Waals surface area contributed by atoms with Crippen molar-refractivity contribution in [3.05, 3.63) is 36.0 Å². The highest BCUT2D eigenvalue weighted by atomic mass is 16.4. The summed E-state index contributed by atoms with van der Waals surface area (Å²) in [6.07, 6.45) is 2.05. The molecule has 7 nitrogen and oxygen atoms in total. The number of aliphatic carboxylic acids is 1. The summed E-state index contributed by atoms with van der Waals surface area (Å²) in [5.41, 5.74) is 1.81. The molecule has 0 radical (unpaired) electrons. The topological polar surface area (TPSA) is 111 Å². The number of carboxylic acid groups (broad SMARTS) is 1. The standard InChI is InChI=1S/C15H17N3O4/c1-9(19)18-13(15(22)17-8-14(20)21)6-10-7-16-12-5-3-2-4-11(10)12/h2-5,7,13,16H,6,8H2,1H3,(H,17,22)(H,18,19)(H,20,21)/t13-/m1/s1. The first-order valence-electron chi connectivity index (χ1n) is 6.79. The molecule has 0 aliphatic carbocycles. The van der Waals surface area contributed by atoms with Gasteiger partial charge in [0, 0.05) is 30.4 Å². The molecule has 0 fully saturated rings. The largest absolute Gasteiger partial charge is 0.480 e. The summed E-state index contributed by atoms with van der Waals surface area (Å²) < 4.78 is 0. The molecule has 1 aromatic carbocycles. The molecule has 116 valence electrons. The number of H-pyrrole nitrogens is 1. The molecule has 4 N–H and O–H groups in total. The average Bonchev–Trinajstić information content (AvgIpc) is 2.87. The number of aromatic amines is 1. The Hall–Kier alpha value is -2.83. The number of amides is 2. The third-order valence-electron chi connectivity index (χ3n) is 3.21. The van der Waals surface area contributed by atoms with E-state index in [1.165, 1.54) is 6.92 Å². The van der Waals surface area contributed by atoms with E-state index in [1.54, 1.807) is 6.20 Å². The molecule has 1 atom stereocenters. The summed E-state index contributed by atoms with van der Waals surface area (Å²) in [5.74, 6) is -2.01. The number of hydrogen-bond donors (Lipinski definition) is 4. The minimum absolute atomic E-state index is 0.273. The summed E-state index contributed by atoms with van der Waals surface area (Å²) in [5, 5.41) is 14.4. The summed E-state index contributed by atoms with van der Waals surface area (Å²) in [7, 11) is 0. The van der Waals surface area contributed by atoms with Gasteiger partial charge in [-0.3, -0.25) is 14.4 Å². The summed E-state index contributed by atoms with van der Waals surface area (Å²) in [6.45, 7) is 0.829. The zero-order valence-electron chi connectivity index (χ0n) is 12.1. The maximum absolute atomic E-state index is 12.0. The number of hydrogen-bond acceptors (Lipinski definition) is 3. The SMILES string of the molecule is CC(=O)N[C@H](Cc1c[nH]c2ccccc12)C(=O)NCC(=O)O. The van der Waals surface area contributed by atoms with E-state index < -0.39 is 24.5 Å². The Morgan fingerprint density at radius 3 is 2.68 bits per heavy atom. The molecule has 0 unspecified atom stereocenters. The molecule has 0 saturated heterocycles. The molecule has 0 saturated carbocycles. The molecule has 1 aromatic heterocycles. The average molecular weight is 303 g/mol. The van der Waals surface area contributed by atoms with Crippen LogP contribution in [0, 0.1) is 0 Å². The van der Waals surface area contributed by atoms with E-state index in [9.17, 15) is 14.4 Å². The van der Waals surface area contributed by atoms with Gasteiger partial charge in [-0.25, -0.2) is 0 Å². The Morgan fingerprint density at radius 2 is 2.00 bits per heavy atom. The second-order valence-electron chi connectivity index (χ2n) is 4.93. The van der Waals surface area contributed by atoms with Crippen LogP contribution in [0.3, 0.4) is 0 Å². The first kappa shape index (κ1) is 15.6. The molecular formula is C15H17N3O4. The second kappa shape index (κ2) is 6.75. The van der Waals surface area contributed by atoms with Crippen molar-refractivity contribution in [2.75, 3.05) is 6.54 Å². The number of para-hydroxylation sites is 1. The highest BCUT2D eigenvalue weighted by Gasteiger charge is 2.21. The summed E-state index contributed by atoms with van der Waals surface area (Å²) >= 11 is 0. The fourth-order valence-corrected chi connectivity index (χ4v) is 2.26. The van der Waals surface area contributed by atoms with Gasteiger partial charge >= 0.3 is 5.97 Å². The van der Waals surface area contributed by atoms with Crippen molar-refractivity contribution in [1.29, 1.82) is 0 Å². The molecular weight excluding hydrogens is 286 g/mol. The number of nitrogens with one attached hydrogen (secondary N) is 3. The Balaban J connectivity index is 2.17. The molecule has 0 aliphatic rings. The van der Waals surface area contributed by atoms with Crippen molar-refractivity contribution < 1.29 is 19.5 Å². The highest BCUT2D eigenvalue weighted by molar-refractivity contribution is 5.90. The van der Waals surface area contributed by atoms with Gasteiger partial charge in [0.05, 0.1) is 0 Å². The van der Waals surface area contributed by atoms with Crippen LogP contribution in [0.4, 0.5) is 0 Å². The number of aromatic nitrogens is 1. The van der Waals surface area contributed by atoms with Gasteiger partial charge in [0.15, 0.2) is 0 Å². The van der Waals surface area contributed by atoms with Gasteiger partial charge in [-0.2, -0.15) is 0 Å². The van der Waals surface area contributed by atoms with E-state index in [0.717, 1.165) is 16.5 Å². The number of carboxylic acids is 1. The number of benzene rings is 1. The van der Waals surface area contributed by atoms with E-state index in [0.29, 0.717) is 0 Å². The maximum atomic E-state index is 12.0. The molecule has 7 heteroatoms. The van der Waals surface area contributed by atoms with Gasteiger partial charge < -0.3 is 20.7 Å². The first-order chi connectivity index (χ1) is 10.5. The van der Waals surface area contributed by atoms with Crippen LogP contribution in [0.1, 0.15) is 12.5 Å². The fraction of sp³-hybridized carbons (Fsp3) is 0.267. The number of rotatable bonds is 6. The predicted molar refractivity (Wildman–Crippen MR) is 80.3 cm³/mol. The van der Waals surface area contributed by atoms with Gasteiger partial charge in [-0.1, -0.05) is 18.2 Å². The van der Waals surface area contributed by atoms with Crippen LogP contribution in [0.5, 0.6) is 0 Å². The van der Waals surface area contributed by atoms with Gasteiger partial charge in [-0.15, -0.1) is 0 Å². The number of carbonyl (C=O) groups is 3. The summed E-state index contributed by atoms with van der Waals surface area (Å²) in [6, 6.07) is 6.79. The van der Waals surface area contributed by atoms with Gasteiger partial charge in [-0.05, 0) is 11.6 Å². The van der Waals surface area contributed by atoms with Gasteiger partial charge in [0.25, 0.3) is 0 Å². The van der Waals surface area contributed by atoms with Gasteiger partial charge in [0.2, 0.25) is 11.8 Å². The second-order valence-corrected chi connectivity index (χ2v) is 4.93. The summed E-state index contributed by atoms with van der Waals surface area (Å²) in [4.78, 5) is 37.0. The Labute approximate surface area is 126 Å². The third-order valence-corrected chi connectivity index (χ3v) is 3.21. The van der Waals surface area contributed by atoms with Crippen LogP contribution in [0.15, 0.2) is 30.5 Å². The van der Waals surface area contributed by atoms with Crippen molar-refractivity contribution in [3.8, 4) is 0 Å². The van der Waals surface area contributed by atoms with Crippen molar-refractivity contribution in [1.82, 2.24) is 15.6 Å². The Bertz CT molecular complexity index is 708. The minimum Gasteiger partial charge on any atom is -0.480 e. The molecule has 2 rings (SSSR count). The van der Waals surface area contributed by atoms with Crippen molar-refractivity contribution in [2.24, 2.45) is 0 Å². The predicted octanol–water partition coefficient (Wildman–Crippen LogP) is 0.416. The van der Waals surface area contributed by atoms with Crippen LogP contribution in [-0.2, 0) is 20.8 Å². The van der Waals surface area contributed by atoms with E-state index in [-0.39, 0.29) is 12.3 Å². The van der Waals surface area contributed by atoms with Crippen molar-refractivity contribution in [3.63, 3.8) is 0 Å². The van der Waals surface area contributed by atoms with E-state index in [4.69, 9.17) is 5.11 Å². The number of carbonyl (C=O) groups excluding carboxylic acids is 2. The quantitative estimate of drug-likeness (QED) is 0.619. The highest BCUT2D eigenvalue weighted by Crippen LogP contribution is 2.19. The Kier molecular flexibility index (Phi) is 4.77. The molecule has 0 aliphatic heterocycles. The molecule has 2 amide bonds. The van der Waals surface area contributed by atoms with Crippen LogP contribution >= 0.6 is 0 Å². The molecule has 2 aromatic rings.